The van der Waals surface area contributed by atoms with Crippen LogP contribution in [0.4, 0.5) is 10.7 Å². The van der Waals surface area contributed by atoms with E-state index in [0.29, 0.717) is 45.5 Å². The van der Waals surface area contributed by atoms with Gasteiger partial charge in [0.2, 0.25) is 5.95 Å². The van der Waals surface area contributed by atoms with E-state index >= 15 is 0 Å². The Kier molecular flexibility index (Phi) is 5.14. The SMILES string of the molecule is COc1cc(OC)c(Cl)c(-c2ccc3nc(NC4C5CC4N(C(=O)O)C5)ncc3c2)c1Cl. The highest BCUT2D eigenvalue weighted by molar-refractivity contribution is 6.41. The first-order chi connectivity index (χ1) is 15.4. The van der Waals surface area contributed by atoms with E-state index in [-0.39, 0.29) is 12.1 Å². The van der Waals surface area contributed by atoms with Gasteiger partial charge in [-0.25, -0.2) is 14.8 Å². The number of ether oxygens (including phenoxy) is 2. The van der Waals surface area contributed by atoms with Crippen LogP contribution in [0.1, 0.15) is 6.42 Å². The van der Waals surface area contributed by atoms with Crippen LogP contribution in [0.15, 0.2) is 30.5 Å². The van der Waals surface area contributed by atoms with Crippen molar-refractivity contribution in [3.8, 4) is 22.6 Å². The van der Waals surface area contributed by atoms with Crippen LogP contribution in [0.5, 0.6) is 11.5 Å². The third-order valence-electron chi connectivity index (χ3n) is 6.28. The van der Waals surface area contributed by atoms with Crippen molar-refractivity contribution in [2.24, 2.45) is 5.92 Å². The molecule has 3 aromatic rings. The molecule has 3 atom stereocenters. The van der Waals surface area contributed by atoms with Crippen molar-refractivity contribution in [3.63, 3.8) is 0 Å². The molecule has 3 fully saturated rings. The molecule has 0 spiro atoms. The average molecular weight is 475 g/mol. The maximum atomic E-state index is 11.3. The number of aromatic nitrogens is 2. The molecule has 1 aromatic heterocycles. The van der Waals surface area contributed by atoms with Gasteiger partial charge in [-0.05, 0) is 24.1 Å². The van der Waals surface area contributed by atoms with E-state index in [9.17, 15) is 9.90 Å². The smallest absolute Gasteiger partial charge is 0.407 e. The lowest BCUT2D eigenvalue weighted by molar-refractivity contribution is 0.140. The second kappa shape index (κ2) is 7.86. The molecule has 1 saturated carbocycles. The lowest BCUT2D eigenvalue weighted by atomic mass is 9.80. The molecule has 8 nitrogen and oxygen atoms in total. The molecule has 2 N–H and O–H groups in total. The van der Waals surface area contributed by atoms with E-state index in [2.05, 4.69) is 15.3 Å². The van der Waals surface area contributed by atoms with Crippen LogP contribution in [-0.4, -0.2) is 58.9 Å². The summed E-state index contributed by atoms with van der Waals surface area (Å²) >= 11 is 13.1. The fraction of sp³-hybridized carbons (Fsp3) is 0.318. The molecule has 3 unspecified atom stereocenters. The summed E-state index contributed by atoms with van der Waals surface area (Å²) in [5.74, 6) is 1.70. The first-order valence-electron chi connectivity index (χ1n) is 10.0. The van der Waals surface area contributed by atoms with E-state index in [0.717, 1.165) is 22.9 Å². The van der Waals surface area contributed by atoms with Gasteiger partial charge in [-0.15, -0.1) is 0 Å². The van der Waals surface area contributed by atoms with Gasteiger partial charge in [-0.2, -0.15) is 0 Å². The van der Waals surface area contributed by atoms with Gasteiger partial charge in [-0.3, -0.25) is 0 Å². The Morgan fingerprint density at radius 1 is 1.19 bits per heavy atom. The van der Waals surface area contributed by atoms with E-state index in [1.165, 1.54) is 19.1 Å². The van der Waals surface area contributed by atoms with Crippen molar-refractivity contribution in [3.05, 3.63) is 40.5 Å². The number of nitrogens with one attached hydrogen (secondary N) is 1. The zero-order valence-corrected chi connectivity index (χ0v) is 18.8. The summed E-state index contributed by atoms with van der Waals surface area (Å²) in [7, 11) is 3.07. The number of halogens is 2. The van der Waals surface area contributed by atoms with Crippen LogP contribution in [-0.2, 0) is 0 Å². The van der Waals surface area contributed by atoms with Crippen LogP contribution in [0, 0.1) is 5.92 Å². The zero-order chi connectivity index (χ0) is 22.6. The van der Waals surface area contributed by atoms with Gasteiger partial charge in [0.05, 0.1) is 41.9 Å². The molecule has 3 heterocycles. The summed E-state index contributed by atoms with van der Waals surface area (Å²) < 4.78 is 10.7. The second-order valence-corrected chi connectivity index (χ2v) is 8.68. The topological polar surface area (TPSA) is 96.8 Å². The molecule has 1 amide bonds. The maximum Gasteiger partial charge on any atom is 0.407 e. The van der Waals surface area contributed by atoms with Crippen molar-refractivity contribution in [1.82, 2.24) is 14.9 Å². The number of hydrogen-bond acceptors (Lipinski definition) is 6. The highest BCUT2D eigenvalue weighted by Crippen LogP contribution is 2.46. The van der Waals surface area contributed by atoms with Crippen LogP contribution in [0.3, 0.4) is 0 Å². The molecule has 2 aliphatic heterocycles. The van der Waals surface area contributed by atoms with Gasteiger partial charge in [0.25, 0.3) is 0 Å². The Morgan fingerprint density at radius 3 is 2.53 bits per heavy atom. The van der Waals surface area contributed by atoms with Gasteiger partial charge in [0.1, 0.15) is 11.5 Å². The van der Waals surface area contributed by atoms with Gasteiger partial charge in [0, 0.05) is 35.7 Å². The van der Waals surface area contributed by atoms with Crippen molar-refractivity contribution < 1.29 is 19.4 Å². The van der Waals surface area contributed by atoms with Crippen LogP contribution in [0.2, 0.25) is 10.0 Å². The summed E-state index contributed by atoms with van der Waals surface area (Å²) in [4.78, 5) is 21.9. The number of methoxy groups -OCH3 is 2. The first kappa shape index (κ1) is 20.9. The first-order valence-corrected chi connectivity index (χ1v) is 10.8. The fourth-order valence-corrected chi connectivity index (χ4v) is 5.32. The second-order valence-electron chi connectivity index (χ2n) is 7.92. The monoisotopic (exact) mass is 474 g/mol. The molecule has 32 heavy (non-hydrogen) atoms. The minimum Gasteiger partial charge on any atom is -0.495 e. The molecule has 3 aliphatic rings. The molecule has 2 aromatic carbocycles. The standard InChI is InChI=1S/C22H20Cl2N4O4/c1-31-15-7-16(32-2)19(24)17(18(15)23)10-3-4-13-11(5-10)8-25-21(26-13)27-20-12-6-14(20)28(9-12)22(29)30/h3-5,7-8,12,14,20H,6,9H2,1-2H3,(H,29,30)(H,25,26,27). The third-order valence-corrected chi connectivity index (χ3v) is 7.03. The van der Waals surface area contributed by atoms with Crippen LogP contribution >= 0.6 is 23.2 Å². The number of hydrogen-bond donors (Lipinski definition) is 2. The normalized spacial score (nSPS) is 21.4. The van der Waals surface area contributed by atoms with Gasteiger partial charge < -0.3 is 24.8 Å². The molecule has 166 valence electrons. The summed E-state index contributed by atoms with van der Waals surface area (Å²) in [6.45, 7) is 0.556. The van der Waals surface area contributed by atoms with Crippen molar-refractivity contribution in [2.75, 3.05) is 26.1 Å². The summed E-state index contributed by atoms with van der Waals surface area (Å²) in [6.07, 6.45) is 1.73. The minimum absolute atomic E-state index is 0.0218. The van der Waals surface area contributed by atoms with E-state index in [4.69, 9.17) is 32.7 Å². The highest BCUT2D eigenvalue weighted by atomic mass is 35.5. The lowest BCUT2D eigenvalue weighted by Crippen LogP contribution is -2.49. The van der Waals surface area contributed by atoms with Gasteiger partial charge in [0.15, 0.2) is 0 Å². The average Bonchev–Trinajstić information content (AvgIpc) is 3.38. The molecule has 1 aliphatic carbocycles. The van der Waals surface area contributed by atoms with E-state index in [1.54, 1.807) is 12.3 Å². The number of rotatable bonds is 5. The predicted octanol–water partition coefficient (Wildman–Crippen LogP) is 4.78. The summed E-state index contributed by atoms with van der Waals surface area (Å²) in [5, 5.41) is 14.2. The van der Waals surface area contributed by atoms with Crippen LogP contribution < -0.4 is 14.8 Å². The molecule has 6 rings (SSSR count). The molecule has 2 bridgehead atoms. The predicted molar refractivity (Wildman–Crippen MR) is 122 cm³/mol. The molecule has 10 heteroatoms. The Morgan fingerprint density at radius 2 is 1.91 bits per heavy atom. The molecular formula is C22H20Cl2N4O4. The van der Waals surface area contributed by atoms with Crippen molar-refractivity contribution >= 4 is 46.1 Å². The number of benzene rings is 2. The minimum atomic E-state index is -0.875. The van der Waals surface area contributed by atoms with Crippen molar-refractivity contribution in [2.45, 2.75) is 18.5 Å². The Hall–Kier alpha value is -2.97. The number of nitrogens with zero attached hydrogens (tertiary/aromatic N) is 3. The summed E-state index contributed by atoms with van der Waals surface area (Å²) in [5.41, 5.74) is 2.13. The van der Waals surface area contributed by atoms with Crippen molar-refractivity contribution in [1.29, 1.82) is 0 Å². The lowest BCUT2D eigenvalue weighted by Gasteiger charge is -2.36. The Bertz CT molecular complexity index is 1210. The van der Waals surface area contributed by atoms with E-state index < -0.39 is 6.09 Å². The number of amides is 1. The maximum absolute atomic E-state index is 11.3. The number of carbonyl (C=O) groups is 1. The fourth-order valence-electron chi connectivity index (χ4n) is 4.60. The Balaban J connectivity index is 1.45. The zero-order valence-electron chi connectivity index (χ0n) is 17.3. The van der Waals surface area contributed by atoms with Crippen LogP contribution in [0.25, 0.3) is 22.0 Å². The van der Waals surface area contributed by atoms with Gasteiger partial charge >= 0.3 is 6.09 Å². The molecule has 0 radical (unpaired) electrons. The molecule has 2 saturated heterocycles. The number of anilines is 1. The van der Waals surface area contributed by atoms with E-state index in [1.807, 2.05) is 18.2 Å². The quantitative estimate of drug-likeness (QED) is 0.548. The Labute approximate surface area is 194 Å². The number of fused-ring (bicyclic) bond motifs is 2. The number of carboxylic acid groups (broad SMARTS) is 1. The molecular weight excluding hydrogens is 455 g/mol. The van der Waals surface area contributed by atoms with Gasteiger partial charge in [-0.1, -0.05) is 29.3 Å². The summed E-state index contributed by atoms with van der Waals surface area (Å²) in [6, 6.07) is 7.33. The highest BCUT2D eigenvalue weighted by Gasteiger charge is 2.54. The third kappa shape index (κ3) is 3.25. The largest absolute Gasteiger partial charge is 0.495 e.